The van der Waals surface area contributed by atoms with Gasteiger partial charge in [0, 0.05) is 12.8 Å². The van der Waals surface area contributed by atoms with Gasteiger partial charge in [0.25, 0.3) is 0 Å². The van der Waals surface area contributed by atoms with Gasteiger partial charge >= 0.3 is 0 Å². The Morgan fingerprint density at radius 1 is 0.600 bits per heavy atom. The summed E-state index contributed by atoms with van der Waals surface area (Å²) in [5, 5.41) is 0. The Morgan fingerprint density at radius 3 is 1.36 bits per heavy atom. The average Bonchev–Trinajstić information content (AvgIpc) is 2.94. The lowest BCUT2D eigenvalue weighted by Crippen LogP contribution is -1.97. The summed E-state index contributed by atoms with van der Waals surface area (Å²) in [5.41, 5.74) is 5.56. The number of rotatable bonds is 8. The summed E-state index contributed by atoms with van der Waals surface area (Å²) < 4.78 is 6.46. The van der Waals surface area contributed by atoms with Crippen molar-refractivity contribution in [3.63, 3.8) is 0 Å². The van der Waals surface area contributed by atoms with Crippen molar-refractivity contribution in [1.29, 1.82) is 0 Å². The Balaban J connectivity index is 1.97. The maximum absolute atomic E-state index is 6.46. The van der Waals surface area contributed by atoms with E-state index in [0.717, 1.165) is 38.5 Å². The molecule has 130 valence electrons. The minimum Gasteiger partial charge on any atom is -0.465 e. The van der Waals surface area contributed by atoms with Crippen molar-refractivity contribution in [3.05, 3.63) is 94.4 Å². The fourth-order valence-corrected chi connectivity index (χ4v) is 3.54. The normalized spacial score (nSPS) is 11.0. The van der Waals surface area contributed by atoms with Gasteiger partial charge in [-0.1, -0.05) is 87.4 Å². The zero-order valence-corrected chi connectivity index (χ0v) is 15.4. The van der Waals surface area contributed by atoms with E-state index < -0.39 is 0 Å². The molecule has 0 amide bonds. The van der Waals surface area contributed by atoms with Crippen LogP contribution in [0.3, 0.4) is 0 Å². The maximum Gasteiger partial charge on any atom is 0.112 e. The van der Waals surface area contributed by atoms with Crippen LogP contribution < -0.4 is 0 Å². The first-order valence-electron chi connectivity index (χ1n) is 9.52. The van der Waals surface area contributed by atoms with E-state index in [4.69, 9.17) is 4.42 Å². The fraction of sp³-hybridized carbons (Fsp3) is 0.333. The third kappa shape index (κ3) is 4.42. The Kier molecular flexibility index (Phi) is 6.11. The van der Waals surface area contributed by atoms with Crippen LogP contribution in [0.15, 0.2) is 65.1 Å². The molecular weight excluding hydrogens is 304 g/mol. The number of hydrogen-bond acceptors (Lipinski definition) is 1. The Bertz CT molecular complexity index is 703. The van der Waals surface area contributed by atoms with E-state index in [1.54, 1.807) is 0 Å². The SMILES string of the molecule is CCCc1c(Cc2ccccc2)oc(Cc2ccccc2)c1CCC. The minimum absolute atomic E-state index is 0.891. The van der Waals surface area contributed by atoms with Gasteiger partial charge in [0.2, 0.25) is 0 Å². The first kappa shape index (κ1) is 17.5. The standard InChI is InChI=1S/C24H28O/c1-3-11-21-22(12-4-2)24(18-20-15-9-6-10-16-20)25-23(21)17-19-13-7-5-8-14-19/h5-10,13-16H,3-4,11-12,17-18H2,1-2H3. The second-order valence-electron chi connectivity index (χ2n) is 6.73. The number of hydrogen-bond donors (Lipinski definition) is 0. The largest absolute Gasteiger partial charge is 0.465 e. The van der Waals surface area contributed by atoms with Gasteiger partial charge in [0.05, 0.1) is 0 Å². The summed E-state index contributed by atoms with van der Waals surface area (Å²) in [6.45, 7) is 4.51. The smallest absolute Gasteiger partial charge is 0.112 e. The molecule has 25 heavy (non-hydrogen) atoms. The van der Waals surface area contributed by atoms with Gasteiger partial charge in [-0.3, -0.25) is 0 Å². The molecule has 3 rings (SSSR count). The molecule has 1 aromatic heterocycles. The van der Waals surface area contributed by atoms with E-state index in [-0.39, 0.29) is 0 Å². The second kappa shape index (κ2) is 8.71. The molecule has 0 saturated carbocycles. The lowest BCUT2D eigenvalue weighted by Gasteiger charge is -2.05. The lowest BCUT2D eigenvalue weighted by atomic mass is 9.96. The zero-order chi connectivity index (χ0) is 17.5. The Hall–Kier alpha value is -2.28. The fourth-order valence-electron chi connectivity index (χ4n) is 3.54. The average molecular weight is 332 g/mol. The number of furan rings is 1. The van der Waals surface area contributed by atoms with Crippen molar-refractivity contribution in [1.82, 2.24) is 0 Å². The second-order valence-corrected chi connectivity index (χ2v) is 6.73. The van der Waals surface area contributed by atoms with Gasteiger partial charge in [-0.2, -0.15) is 0 Å². The highest BCUT2D eigenvalue weighted by molar-refractivity contribution is 5.39. The molecule has 1 heteroatoms. The monoisotopic (exact) mass is 332 g/mol. The maximum atomic E-state index is 6.46. The molecule has 3 aromatic rings. The zero-order valence-electron chi connectivity index (χ0n) is 15.4. The molecule has 0 radical (unpaired) electrons. The van der Waals surface area contributed by atoms with E-state index >= 15 is 0 Å². The molecule has 0 fully saturated rings. The van der Waals surface area contributed by atoms with Crippen LogP contribution in [-0.4, -0.2) is 0 Å². The first-order valence-corrected chi connectivity index (χ1v) is 9.52. The van der Waals surface area contributed by atoms with Gasteiger partial charge in [-0.15, -0.1) is 0 Å². The van der Waals surface area contributed by atoms with E-state index in [0.29, 0.717) is 0 Å². The first-order chi connectivity index (χ1) is 12.3. The molecule has 1 heterocycles. The molecule has 0 N–H and O–H groups in total. The van der Waals surface area contributed by atoms with Crippen LogP contribution in [0.25, 0.3) is 0 Å². The highest BCUT2D eigenvalue weighted by atomic mass is 16.3. The summed E-state index contributed by atoms with van der Waals surface area (Å²) in [6.07, 6.45) is 6.31. The summed E-state index contributed by atoms with van der Waals surface area (Å²) in [7, 11) is 0. The quantitative estimate of drug-likeness (QED) is 0.467. The van der Waals surface area contributed by atoms with Gasteiger partial charge in [-0.05, 0) is 35.1 Å². The molecule has 2 aromatic carbocycles. The van der Waals surface area contributed by atoms with Crippen molar-refractivity contribution in [2.75, 3.05) is 0 Å². The number of benzene rings is 2. The summed E-state index contributed by atoms with van der Waals surface area (Å²) in [4.78, 5) is 0. The molecule has 0 spiro atoms. The third-order valence-electron chi connectivity index (χ3n) is 4.70. The van der Waals surface area contributed by atoms with Crippen molar-refractivity contribution < 1.29 is 4.42 Å². The van der Waals surface area contributed by atoms with Crippen molar-refractivity contribution in [2.45, 2.75) is 52.4 Å². The van der Waals surface area contributed by atoms with Crippen LogP contribution in [-0.2, 0) is 25.7 Å². The van der Waals surface area contributed by atoms with Crippen molar-refractivity contribution >= 4 is 0 Å². The lowest BCUT2D eigenvalue weighted by molar-refractivity contribution is 0.475. The summed E-state index contributed by atoms with van der Waals surface area (Å²) in [6, 6.07) is 21.3. The van der Waals surface area contributed by atoms with E-state index in [1.165, 1.54) is 33.8 Å². The van der Waals surface area contributed by atoms with Crippen LogP contribution in [0.1, 0.15) is 60.5 Å². The molecule has 0 saturated heterocycles. The van der Waals surface area contributed by atoms with Crippen LogP contribution in [0.4, 0.5) is 0 Å². The van der Waals surface area contributed by atoms with Crippen LogP contribution in [0.5, 0.6) is 0 Å². The molecule has 0 unspecified atom stereocenters. The van der Waals surface area contributed by atoms with Gasteiger partial charge in [0.15, 0.2) is 0 Å². The van der Waals surface area contributed by atoms with E-state index in [1.807, 2.05) is 0 Å². The molecule has 0 aliphatic carbocycles. The van der Waals surface area contributed by atoms with Crippen LogP contribution in [0.2, 0.25) is 0 Å². The predicted molar refractivity (Wildman–Crippen MR) is 105 cm³/mol. The molecule has 0 aliphatic rings. The van der Waals surface area contributed by atoms with E-state index in [2.05, 4.69) is 74.5 Å². The summed E-state index contributed by atoms with van der Waals surface area (Å²) in [5.74, 6) is 2.34. The van der Waals surface area contributed by atoms with Gasteiger partial charge in [0.1, 0.15) is 11.5 Å². The van der Waals surface area contributed by atoms with Crippen molar-refractivity contribution in [3.8, 4) is 0 Å². The van der Waals surface area contributed by atoms with Crippen LogP contribution >= 0.6 is 0 Å². The Morgan fingerprint density at radius 2 is 1.00 bits per heavy atom. The highest BCUT2D eigenvalue weighted by Gasteiger charge is 2.19. The molecule has 0 aliphatic heterocycles. The predicted octanol–water partition coefficient (Wildman–Crippen LogP) is 6.37. The summed E-state index contributed by atoms with van der Waals surface area (Å²) >= 11 is 0. The molecule has 1 nitrogen and oxygen atoms in total. The molecular formula is C24H28O. The highest BCUT2D eigenvalue weighted by Crippen LogP contribution is 2.29. The van der Waals surface area contributed by atoms with Gasteiger partial charge < -0.3 is 4.42 Å². The van der Waals surface area contributed by atoms with E-state index in [9.17, 15) is 0 Å². The van der Waals surface area contributed by atoms with Crippen molar-refractivity contribution in [2.24, 2.45) is 0 Å². The minimum atomic E-state index is 0.891. The Labute approximate surface area is 151 Å². The topological polar surface area (TPSA) is 13.1 Å². The third-order valence-corrected chi connectivity index (χ3v) is 4.70. The van der Waals surface area contributed by atoms with Crippen LogP contribution in [0, 0.1) is 0 Å². The molecule has 0 atom stereocenters. The van der Waals surface area contributed by atoms with Gasteiger partial charge in [-0.25, -0.2) is 0 Å². The molecule has 0 bridgehead atoms.